The molecule has 0 fully saturated rings. The molecule has 0 aromatic carbocycles. The fraction of sp³-hybridized carbons (Fsp3) is 1.00. The zero-order valence-corrected chi connectivity index (χ0v) is 9.14. The first kappa shape index (κ1) is 5.29. The van der Waals surface area contributed by atoms with E-state index in [0.717, 1.165) is 24.6 Å². The van der Waals surface area contributed by atoms with E-state index in [-0.39, 0.29) is 0 Å². The fourth-order valence-corrected chi connectivity index (χ4v) is 0. The van der Waals surface area contributed by atoms with Crippen LogP contribution in [0.1, 0.15) is 6.92 Å². The van der Waals surface area contributed by atoms with Crippen molar-refractivity contribution in [1.82, 2.24) is 0 Å². The van der Waals surface area contributed by atoms with Crippen LogP contribution in [0.25, 0.3) is 0 Å². The van der Waals surface area contributed by atoms with Gasteiger partial charge in [-0.3, -0.25) is 0 Å². The van der Waals surface area contributed by atoms with Crippen LogP contribution in [0.3, 0.4) is 0 Å². The van der Waals surface area contributed by atoms with E-state index < -0.39 is 0 Å². The number of hydrogen-bond acceptors (Lipinski definition) is 1. The Labute approximate surface area is 45.4 Å². The van der Waals surface area contributed by atoms with Crippen molar-refractivity contribution in [3.05, 3.63) is 0 Å². The summed E-state index contributed by atoms with van der Waals surface area (Å²) in [5, 5.41) is 0. The Morgan fingerprint density at radius 3 is 2.25 bits per heavy atom. The minimum absolute atomic E-state index is 0.990. The van der Waals surface area contributed by atoms with Gasteiger partial charge in [-0.15, -0.1) is 0 Å². The van der Waals surface area contributed by atoms with Crippen molar-refractivity contribution in [2.75, 3.05) is 5.75 Å². The molecule has 21 valence electrons. The molecule has 0 aliphatic carbocycles. The minimum atomic E-state index is 0.990. The average molecular weight is 262 g/mol. The Bertz CT molecular complexity index is 8.00. The second-order valence-corrected chi connectivity index (χ2v) is 6.24. The van der Waals surface area contributed by atoms with Gasteiger partial charge in [-0.1, -0.05) is 0 Å². The van der Waals surface area contributed by atoms with Crippen molar-refractivity contribution in [3.63, 3.8) is 0 Å². The molecule has 0 unspecified atom stereocenters. The van der Waals surface area contributed by atoms with Crippen molar-refractivity contribution >= 4 is 8.24 Å². The Kier molecular flexibility index (Phi) is 5.66. The first-order valence-electron chi connectivity index (χ1n) is 1.28. The molecule has 0 radical (unpaired) electrons. The molecule has 0 saturated heterocycles. The van der Waals surface area contributed by atoms with E-state index in [4.69, 9.17) is 0 Å². The fourth-order valence-electron chi connectivity index (χ4n) is 0. The molecule has 0 nitrogen and oxygen atoms in total. The summed E-state index contributed by atoms with van der Waals surface area (Å²) in [6, 6.07) is 0. The SMILES string of the molecule is CC[S][Hg]. The summed E-state index contributed by atoms with van der Waals surface area (Å²) in [4.78, 5) is 0. The molecule has 0 aliphatic rings. The predicted molar refractivity (Wildman–Crippen MR) is 18.1 cm³/mol. The molecule has 0 bridgehead atoms. The topological polar surface area (TPSA) is 0 Å². The van der Waals surface area contributed by atoms with Crippen LogP contribution in [0.2, 0.25) is 0 Å². The summed E-state index contributed by atoms with van der Waals surface area (Å²) in [5.74, 6) is 1.32. The van der Waals surface area contributed by atoms with Crippen molar-refractivity contribution < 1.29 is 24.6 Å². The van der Waals surface area contributed by atoms with Crippen LogP contribution in [0.15, 0.2) is 0 Å². The van der Waals surface area contributed by atoms with Gasteiger partial charge in [0.1, 0.15) is 0 Å². The van der Waals surface area contributed by atoms with Gasteiger partial charge < -0.3 is 0 Å². The zero-order valence-electron chi connectivity index (χ0n) is 2.82. The zero-order chi connectivity index (χ0) is 3.41. The van der Waals surface area contributed by atoms with Crippen LogP contribution in [-0.2, 0) is 24.6 Å². The van der Waals surface area contributed by atoms with Crippen LogP contribution < -0.4 is 0 Å². The monoisotopic (exact) mass is 263 g/mol. The molecule has 0 aromatic heterocycles. The van der Waals surface area contributed by atoms with Gasteiger partial charge in [0.25, 0.3) is 0 Å². The van der Waals surface area contributed by atoms with Gasteiger partial charge in [0.05, 0.1) is 0 Å². The summed E-state index contributed by atoms with van der Waals surface area (Å²) in [6.07, 6.45) is 0. The summed E-state index contributed by atoms with van der Waals surface area (Å²) in [5.41, 5.74) is 0. The number of rotatable bonds is 1. The number of hydrogen-bond donors (Lipinski definition) is 0. The molecule has 0 spiro atoms. The third kappa shape index (κ3) is 3.29. The Morgan fingerprint density at radius 2 is 2.25 bits per heavy atom. The third-order valence-corrected chi connectivity index (χ3v) is 5.37. The summed E-state index contributed by atoms with van der Waals surface area (Å²) < 4.78 is 0. The van der Waals surface area contributed by atoms with Crippen molar-refractivity contribution in [2.24, 2.45) is 0 Å². The quantitative estimate of drug-likeness (QED) is 0.640. The molecular weight excluding hydrogens is 257 g/mol. The molecule has 0 saturated carbocycles. The average Bonchev–Trinajstić information content (AvgIpc) is 1.37. The molecule has 0 heterocycles. The Balaban J connectivity index is 1.97. The van der Waals surface area contributed by atoms with Crippen LogP contribution in [-0.4, -0.2) is 5.75 Å². The van der Waals surface area contributed by atoms with Crippen LogP contribution in [0.4, 0.5) is 0 Å². The molecule has 4 heavy (non-hydrogen) atoms. The molecule has 2 heteroatoms. The molecule has 0 amide bonds. The summed E-state index contributed by atoms with van der Waals surface area (Å²) in [6.45, 7) is 2.19. The normalized spacial score (nSPS) is 7.75. The van der Waals surface area contributed by atoms with Crippen LogP contribution >= 0.6 is 8.24 Å². The van der Waals surface area contributed by atoms with Gasteiger partial charge in [0, 0.05) is 0 Å². The molecule has 0 aliphatic heterocycles. The van der Waals surface area contributed by atoms with E-state index in [2.05, 4.69) is 15.2 Å². The van der Waals surface area contributed by atoms with Gasteiger partial charge in [0.15, 0.2) is 0 Å². The van der Waals surface area contributed by atoms with Gasteiger partial charge >= 0.3 is 45.5 Å². The predicted octanol–water partition coefficient (Wildman–Crippen LogP) is 1.20. The standard InChI is InChI=1S/C2H6S.Hg/c1-2-3;/h3H,2H2,1H3;/q;+1/p-1. The van der Waals surface area contributed by atoms with Crippen molar-refractivity contribution in [3.8, 4) is 0 Å². The first-order chi connectivity index (χ1) is 1.91. The molecular formula is C2H5HgS. The molecule has 0 aromatic rings. The van der Waals surface area contributed by atoms with Crippen molar-refractivity contribution in [2.45, 2.75) is 6.92 Å². The van der Waals surface area contributed by atoms with Gasteiger partial charge in [0.2, 0.25) is 0 Å². The van der Waals surface area contributed by atoms with E-state index in [1.807, 2.05) is 0 Å². The Morgan fingerprint density at radius 1 is 2.00 bits per heavy atom. The molecule has 0 atom stereocenters. The van der Waals surface area contributed by atoms with Crippen LogP contribution in [0.5, 0.6) is 0 Å². The summed E-state index contributed by atoms with van der Waals surface area (Å²) >= 11 is 0.990. The first-order valence-corrected chi connectivity index (χ1v) is 9.17. The second kappa shape index (κ2) is 4.29. The maximum absolute atomic E-state index is 2.19. The van der Waals surface area contributed by atoms with Gasteiger partial charge in [-0.05, 0) is 0 Å². The van der Waals surface area contributed by atoms with E-state index in [1.54, 1.807) is 0 Å². The second-order valence-electron chi connectivity index (χ2n) is 0.493. The van der Waals surface area contributed by atoms with E-state index in [0.29, 0.717) is 0 Å². The van der Waals surface area contributed by atoms with E-state index in [9.17, 15) is 0 Å². The van der Waals surface area contributed by atoms with E-state index in [1.165, 1.54) is 5.75 Å². The maximum atomic E-state index is 2.19. The Hall–Kier alpha value is 1.29. The van der Waals surface area contributed by atoms with Gasteiger partial charge in [-0.2, -0.15) is 0 Å². The van der Waals surface area contributed by atoms with Gasteiger partial charge in [-0.25, -0.2) is 0 Å². The van der Waals surface area contributed by atoms with Crippen LogP contribution in [0, 0.1) is 0 Å². The third-order valence-electron chi connectivity index (χ3n) is 0.204. The molecule has 0 rings (SSSR count). The summed E-state index contributed by atoms with van der Waals surface area (Å²) in [7, 11) is 2.05. The van der Waals surface area contributed by atoms with E-state index >= 15 is 0 Å². The van der Waals surface area contributed by atoms with Crippen molar-refractivity contribution in [1.29, 1.82) is 0 Å². The molecule has 0 N–H and O–H groups in total.